The molecule has 9 nitrogen and oxygen atoms in total. The summed E-state index contributed by atoms with van der Waals surface area (Å²) in [7, 11) is 4.70. The van der Waals surface area contributed by atoms with Crippen LogP contribution >= 0.6 is 11.8 Å². The Morgan fingerprint density at radius 1 is 1.17 bits per heavy atom. The molecule has 0 aliphatic rings. The van der Waals surface area contributed by atoms with Gasteiger partial charge >= 0.3 is 0 Å². The predicted octanol–water partition coefficient (Wildman–Crippen LogP) is 4.03. The molecule has 0 heterocycles. The molecule has 0 saturated heterocycles. The maximum Gasteiger partial charge on any atom is 0.286 e. The zero-order chi connectivity index (χ0) is 21.6. The first-order valence-electron chi connectivity index (χ1n) is 8.56. The van der Waals surface area contributed by atoms with Crippen LogP contribution in [0.2, 0.25) is 0 Å². The average Bonchev–Trinajstić information content (AvgIpc) is 2.69. The zero-order valence-electron chi connectivity index (χ0n) is 16.4. The van der Waals surface area contributed by atoms with E-state index in [0.29, 0.717) is 17.2 Å². The van der Waals surface area contributed by atoms with E-state index in [4.69, 9.17) is 9.47 Å². The van der Waals surface area contributed by atoms with Crippen LogP contribution in [0.4, 0.5) is 16.2 Å². The number of anilines is 1. The Labute approximate surface area is 172 Å². The fourth-order valence-corrected chi connectivity index (χ4v) is 2.96. The third-order valence-corrected chi connectivity index (χ3v) is 4.75. The summed E-state index contributed by atoms with van der Waals surface area (Å²) in [6.07, 6.45) is 0. The smallest absolute Gasteiger partial charge is 0.286 e. The van der Waals surface area contributed by atoms with Gasteiger partial charge in [0.15, 0.2) is 11.5 Å². The number of hydrogen-bond donors (Lipinski definition) is 1. The summed E-state index contributed by atoms with van der Waals surface area (Å²) in [6.45, 7) is 2.03. The molecule has 0 aliphatic carbocycles. The fourth-order valence-electron chi connectivity index (χ4n) is 2.31. The molecule has 0 fully saturated rings. The third kappa shape index (κ3) is 5.61. The fraction of sp³-hybridized carbons (Fsp3) is 0.263. The van der Waals surface area contributed by atoms with E-state index in [9.17, 15) is 19.7 Å². The van der Waals surface area contributed by atoms with Crippen LogP contribution in [0.15, 0.2) is 41.3 Å². The van der Waals surface area contributed by atoms with E-state index in [2.05, 4.69) is 5.32 Å². The number of rotatable bonds is 7. The van der Waals surface area contributed by atoms with Gasteiger partial charge in [-0.1, -0.05) is 0 Å². The Hall–Kier alpha value is -3.27. The second-order valence-electron chi connectivity index (χ2n) is 5.95. The van der Waals surface area contributed by atoms with Gasteiger partial charge in [0.1, 0.15) is 5.56 Å². The van der Waals surface area contributed by atoms with Gasteiger partial charge in [0.05, 0.1) is 24.7 Å². The largest absolute Gasteiger partial charge is 0.493 e. The standard InChI is InChI=1S/C19H21N3O6S/c1-5-28-17-11-15(22(25)26)14(10-16(17)27-4)18(23)20-12-6-8-13(9-7-12)29-19(24)21(2)3/h6-11H,5H2,1-4H3,(H,20,23). The van der Waals surface area contributed by atoms with Gasteiger partial charge in [0.2, 0.25) is 0 Å². The molecule has 0 atom stereocenters. The van der Waals surface area contributed by atoms with Crippen LogP contribution in [0, 0.1) is 10.1 Å². The monoisotopic (exact) mass is 419 g/mol. The van der Waals surface area contributed by atoms with E-state index >= 15 is 0 Å². The van der Waals surface area contributed by atoms with Crippen molar-refractivity contribution in [1.82, 2.24) is 4.90 Å². The van der Waals surface area contributed by atoms with E-state index in [0.717, 1.165) is 11.8 Å². The number of methoxy groups -OCH3 is 1. The summed E-state index contributed by atoms with van der Waals surface area (Å²) in [5, 5.41) is 13.9. The van der Waals surface area contributed by atoms with Gasteiger partial charge < -0.3 is 19.7 Å². The highest BCUT2D eigenvalue weighted by Gasteiger charge is 2.25. The average molecular weight is 419 g/mol. The van der Waals surface area contributed by atoms with Crippen LogP contribution in [0.25, 0.3) is 0 Å². The number of amides is 2. The quantitative estimate of drug-likeness (QED) is 0.410. The summed E-state index contributed by atoms with van der Waals surface area (Å²) >= 11 is 1.05. The first-order chi connectivity index (χ1) is 13.8. The Balaban J connectivity index is 2.25. The van der Waals surface area contributed by atoms with Gasteiger partial charge in [-0.3, -0.25) is 19.7 Å². The molecule has 2 aromatic carbocycles. The van der Waals surface area contributed by atoms with Gasteiger partial charge in [0.25, 0.3) is 16.8 Å². The minimum absolute atomic E-state index is 0.126. The maximum atomic E-state index is 12.7. The van der Waals surface area contributed by atoms with Crippen molar-refractivity contribution in [1.29, 1.82) is 0 Å². The van der Waals surface area contributed by atoms with E-state index in [1.165, 1.54) is 24.1 Å². The normalized spacial score (nSPS) is 10.2. The maximum absolute atomic E-state index is 12.7. The summed E-state index contributed by atoms with van der Waals surface area (Å²) in [6, 6.07) is 9.02. The molecule has 0 radical (unpaired) electrons. The second-order valence-corrected chi connectivity index (χ2v) is 6.98. The summed E-state index contributed by atoms with van der Waals surface area (Å²) in [5.41, 5.74) is -0.120. The molecule has 0 aliphatic heterocycles. The number of nitro benzene ring substituents is 1. The van der Waals surface area contributed by atoms with Crippen LogP contribution in [0.5, 0.6) is 11.5 Å². The van der Waals surface area contributed by atoms with E-state index < -0.39 is 16.5 Å². The van der Waals surface area contributed by atoms with E-state index in [1.54, 1.807) is 45.3 Å². The van der Waals surface area contributed by atoms with E-state index in [-0.39, 0.29) is 22.3 Å². The lowest BCUT2D eigenvalue weighted by atomic mass is 10.1. The number of nitrogens with one attached hydrogen (secondary N) is 1. The molecule has 0 saturated carbocycles. The highest BCUT2D eigenvalue weighted by molar-refractivity contribution is 8.13. The van der Waals surface area contributed by atoms with E-state index in [1.807, 2.05) is 0 Å². The molecule has 29 heavy (non-hydrogen) atoms. The van der Waals surface area contributed by atoms with Crippen LogP contribution < -0.4 is 14.8 Å². The number of benzene rings is 2. The number of hydrogen-bond acceptors (Lipinski definition) is 7. The second kappa shape index (κ2) is 9.78. The van der Waals surface area contributed by atoms with Gasteiger partial charge in [-0.05, 0) is 43.0 Å². The van der Waals surface area contributed by atoms with Crippen molar-refractivity contribution in [3.8, 4) is 11.5 Å². The molecule has 0 spiro atoms. The molecule has 0 unspecified atom stereocenters. The lowest BCUT2D eigenvalue weighted by Crippen LogP contribution is -2.16. The number of thioether (sulfide) groups is 1. The van der Waals surface area contributed by atoms with Crippen molar-refractivity contribution in [2.45, 2.75) is 11.8 Å². The SMILES string of the molecule is CCOc1cc([N+](=O)[O-])c(C(=O)Nc2ccc(SC(=O)N(C)C)cc2)cc1OC. The first kappa shape index (κ1) is 22.0. The minimum Gasteiger partial charge on any atom is -0.493 e. The Morgan fingerprint density at radius 3 is 2.34 bits per heavy atom. The van der Waals surface area contributed by atoms with Crippen LogP contribution in [0.3, 0.4) is 0 Å². The molecule has 0 bridgehead atoms. The molecule has 2 aromatic rings. The van der Waals surface area contributed by atoms with Crippen molar-refractivity contribution in [3.63, 3.8) is 0 Å². The van der Waals surface area contributed by atoms with Gasteiger partial charge in [-0.15, -0.1) is 0 Å². The number of carbonyl (C=O) groups excluding carboxylic acids is 2. The lowest BCUT2D eigenvalue weighted by molar-refractivity contribution is -0.385. The first-order valence-corrected chi connectivity index (χ1v) is 9.38. The Bertz CT molecular complexity index is 915. The van der Waals surface area contributed by atoms with Crippen molar-refractivity contribution in [2.75, 3.05) is 33.1 Å². The molecular formula is C19H21N3O6S. The summed E-state index contributed by atoms with van der Waals surface area (Å²) in [5.74, 6) is -0.260. The number of nitrogens with zero attached hydrogens (tertiary/aromatic N) is 2. The molecule has 10 heteroatoms. The molecule has 0 aromatic heterocycles. The molecule has 2 amide bonds. The van der Waals surface area contributed by atoms with Crippen molar-refractivity contribution >= 4 is 34.3 Å². The van der Waals surface area contributed by atoms with Crippen LogP contribution in [-0.2, 0) is 0 Å². The highest BCUT2D eigenvalue weighted by atomic mass is 32.2. The van der Waals surface area contributed by atoms with Gasteiger partial charge in [0, 0.05) is 30.7 Å². The number of ether oxygens (including phenoxy) is 2. The topological polar surface area (TPSA) is 111 Å². The molecule has 154 valence electrons. The molecular weight excluding hydrogens is 398 g/mol. The van der Waals surface area contributed by atoms with Gasteiger partial charge in [-0.25, -0.2) is 0 Å². The van der Waals surface area contributed by atoms with Crippen molar-refractivity contribution in [3.05, 3.63) is 52.1 Å². The zero-order valence-corrected chi connectivity index (χ0v) is 17.2. The summed E-state index contributed by atoms with van der Waals surface area (Å²) in [4.78, 5) is 37.3. The van der Waals surface area contributed by atoms with Crippen LogP contribution in [-0.4, -0.2) is 48.8 Å². The Morgan fingerprint density at radius 2 is 1.83 bits per heavy atom. The molecule has 2 rings (SSSR count). The minimum atomic E-state index is -0.664. The van der Waals surface area contributed by atoms with Gasteiger partial charge in [-0.2, -0.15) is 0 Å². The van der Waals surface area contributed by atoms with Crippen molar-refractivity contribution in [2.24, 2.45) is 0 Å². The van der Waals surface area contributed by atoms with Crippen molar-refractivity contribution < 1.29 is 24.0 Å². The highest BCUT2D eigenvalue weighted by Crippen LogP contribution is 2.35. The lowest BCUT2D eigenvalue weighted by Gasteiger charge is -2.12. The third-order valence-electron chi connectivity index (χ3n) is 3.71. The summed E-state index contributed by atoms with van der Waals surface area (Å²) < 4.78 is 10.5. The number of carbonyl (C=O) groups is 2. The molecule has 1 N–H and O–H groups in total. The number of nitro groups is 1. The van der Waals surface area contributed by atoms with Crippen LogP contribution in [0.1, 0.15) is 17.3 Å². The predicted molar refractivity (Wildman–Crippen MR) is 110 cm³/mol. The Kier molecular flexibility index (Phi) is 7.43.